The summed E-state index contributed by atoms with van der Waals surface area (Å²) in [6, 6.07) is 13.6. The summed E-state index contributed by atoms with van der Waals surface area (Å²) in [5, 5.41) is 1.91. The van der Waals surface area contributed by atoms with Gasteiger partial charge in [0.1, 0.15) is 17.6 Å². The lowest BCUT2D eigenvalue weighted by Gasteiger charge is -2.23. The zero-order chi connectivity index (χ0) is 26.1. The van der Waals surface area contributed by atoms with Gasteiger partial charge in [-0.2, -0.15) is 0 Å². The van der Waals surface area contributed by atoms with Crippen molar-refractivity contribution >= 4 is 40.7 Å². The Morgan fingerprint density at radius 3 is 2.73 bits per heavy atom. The number of thiophene rings is 1. The van der Waals surface area contributed by atoms with Gasteiger partial charge in [0.2, 0.25) is 0 Å². The zero-order valence-electron chi connectivity index (χ0n) is 20.2. The van der Waals surface area contributed by atoms with E-state index < -0.39 is 18.0 Å². The number of thiazole rings is 1. The van der Waals surface area contributed by atoms with Crippen LogP contribution < -0.4 is 14.9 Å². The molecular weight excluding hydrogens is 512 g/mol. The number of furan rings is 1. The van der Waals surface area contributed by atoms with Crippen molar-refractivity contribution in [3.8, 4) is 11.3 Å². The second-order valence-corrected chi connectivity index (χ2v) is 10.1. The van der Waals surface area contributed by atoms with Crippen LogP contribution in [0.2, 0.25) is 0 Å². The van der Waals surface area contributed by atoms with Crippen molar-refractivity contribution in [2.45, 2.75) is 19.9 Å². The summed E-state index contributed by atoms with van der Waals surface area (Å²) in [6.45, 7) is 3.72. The molecule has 4 heterocycles. The van der Waals surface area contributed by atoms with Crippen LogP contribution in [0.3, 0.4) is 0 Å². The van der Waals surface area contributed by atoms with Gasteiger partial charge in [-0.3, -0.25) is 9.36 Å². The molecule has 1 aliphatic heterocycles. The molecule has 0 unspecified atom stereocenters. The lowest BCUT2D eigenvalue weighted by molar-refractivity contribution is -0.139. The molecule has 5 rings (SSSR count). The van der Waals surface area contributed by atoms with E-state index >= 15 is 0 Å². The van der Waals surface area contributed by atoms with Gasteiger partial charge in [-0.25, -0.2) is 14.6 Å². The van der Waals surface area contributed by atoms with Crippen LogP contribution in [0, 0.1) is 0 Å². The van der Waals surface area contributed by atoms with Crippen molar-refractivity contribution < 1.29 is 23.5 Å². The molecule has 10 heteroatoms. The molecule has 0 fully saturated rings. The van der Waals surface area contributed by atoms with Gasteiger partial charge in [0.05, 0.1) is 35.1 Å². The standard InChI is InChI=1S/C27H22N2O6S2/c1-4-34-26(32)22-15(2)28-27-29(23(22)20-9-6-12-36-20)24(30)21(37-27)14-18-10-11-19(35-18)16-7-5-8-17(13-16)25(31)33-3/h5-14,23H,4H2,1-3H3/b21-14-/t23-/m0/s1. The molecule has 0 N–H and O–H groups in total. The average Bonchev–Trinajstić information content (AvgIpc) is 3.65. The van der Waals surface area contributed by atoms with Crippen LogP contribution in [0.5, 0.6) is 0 Å². The molecule has 188 valence electrons. The molecule has 4 aromatic rings. The summed E-state index contributed by atoms with van der Waals surface area (Å²) in [6.07, 6.45) is 1.66. The first kappa shape index (κ1) is 24.7. The van der Waals surface area contributed by atoms with Crippen molar-refractivity contribution in [2.24, 2.45) is 4.99 Å². The highest BCUT2D eigenvalue weighted by molar-refractivity contribution is 7.10. The highest BCUT2D eigenvalue weighted by atomic mass is 32.1. The summed E-state index contributed by atoms with van der Waals surface area (Å²) >= 11 is 2.69. The third-order valence-corrected chi connectivity index (χ3v) is 7.71. The fraction of sp³-hybridized carbons (Fsp3) is 0.185. The van der Waals surface area contributed by atoms with Gasteiger partial charge in [0.25, 0.3) is 5.56 Å². The van der Waals surface area contributed by atoms with E-state index in [9.17, 15) is 14.4 Å². The lowest BCUT2D eigenvalue weighted by atomic mass is 10.0. The van der Waals surface area contributed by atoms with Gasteiger partial charge >= 0.3 is 11.9 Å². The summed E-state index contributed by atoms with van der Waals surface area (Å²) in [7, 11) is 1.33. The molecular formula is C27H22N2O6S2. The minimum Gasteiger partial charge on any atom is -0.465 e. The number of rotatable bonds is 6. The van der Waals surface area contributed by atoms with Gasteiger partial charge < -0.3 is 13.9 Å². The highest BCUT2D eigenvalue weighted by Gasteiger charge is 2.33. The lowest BCUT2D eigenvalue weighted by Crippen LogP contribution is -2.39. The van der Waals surface area contributed by atoms with E-state index in [-0.39, 0.29) is 12.2 Å². The number of benzene rings is 1. The fourth-order valence-electron chi connectivity index (χ4n) is 4.14. The SMILES string of the molecule is CCOC(=O)C1=C(C)N=c2s/c(=C\c3ccc(-c4cccc(C(=O)OC)c4)o3)c(=O)n2[C@H]1c1cccs1. The number of ether oxygens (including phenoxy) is 2. The number of carbonyl (C=O) groups is 2. The summed E-state index contributed by atoms with van der Waals surface area (Å²) in [5.74, 6) is 0.0910. The van der Waals surface area contributed by atoms with E-state index in [1.54, 1.807) is 54.8 Å². The van der Waals surface area contributed by atoms with Gasteiger partial charge in [-0.15, -0.1) is 11.3 Å². The van der Waals surface area contributed by atoms with Gasteiger partial charge in [-0.05, 0) is 49.6 Å². The zero-order valence-corrected chi connectivity index (χ0v) is 21.9. The number of hydrogen-bond acceptors (Lipinski definition) is 9. The van der Waals surface area contributed by atoms with E-state index in [0.29, 0.717) is 43.3 Å². The Labute approximate surface area is 219 Å². The Morgan fingerprint density at radius 1 is 1.16 bits per heavy atom. The molecule has 0 aliphatic carbocycles. The van der Waals surface area contributed by atoms with E-state index in [0.717, 1.165) is 4.88 Å². The molecule has 1 aliphatic rings. The summed E-state index contributed by atoms with van der Waals surface area (Å²) in [4.78, 5) is 44.3. The smallest absolute Gasteiger partial charge is 0.338 e. The van der Waals surface area contributed by atoms with Crippen LogP contribution in [0.4, 0.5) is 0 Å². The van der Waals surface area contributed by atoms with Crippen LogP contribution in [0.15, 0.2) is 79.4 Å². The Morgan fingerprint density at radius 2 is 2.00 bits per heavy atom. The number of esters is 2. The van der Waals surface area contributed by atoms with E-state index in [4.69, 9.17) is 13.9 Å². The monoisotopic (exact) mass is 534 g/mol. The third-order valence-electron chi connectivity index (χ3n) is 5.80. The quantitative estimate of drug-likeness (QED) is 0.348. The molecule has 0 radical (unpaired) electrons. The topological polar surface area (TPSA) is 100 Å². The molecule has 1 aromatic carbocycles. The first-order valence-corrected chi connectivity index (χ1v) is 13.1. The largest absolute Gasteiger partial charge is 0.465 e. The van der Waals surface area contributed by atoms with Crippen molar-refractivity contribution in [1.29, 1.82) is 0 Å². The van der Waals surface area contributed by atoms with Gasteiger partial charge in [0, 0.05) is 16.5 Å². The normalized spacial score (nSPS) is 15.3. The molecule has 0 spiro atoms. The number of nitrogens with zero attached hydrogens (tertiary/aromatic N) is 2. The van der Waals surface area contributed by atoms with E-state index in [1.165, 1.54) is 29.8 Å². The predicted molar refractivity (Wildman–Crippen MR) is 140 cm³/mol. The minimum atomic E-state index is -0.620. The number of methoxy groups -OCH3 is 1. The maximum Gasteiger partial charge on any atom is 0.338 e. The second-order valence-electron chi connectivity index (χ2n) is 8.09. The van der Waals surface area contributed by atoms with E-state index in [2.05, 4.69) is 4.99 Å². The molecule has 3 aromatic heterocycles. The molecule has 8 nitrogen and oxygen atoms in total. The Bertz CT molecular complexity index is 1710. The molecule has 0 saturated heterocycles. The number of allylic oxidation sites excluding steroid dienone is 1. The molecule has 0 amide bonds. The Kier molecular flexibility index (Phi) is 6.77. The first-order chi connectivity index (χ1) is 17.9. The summed E-state index contributed by atoms with van der Waals surface area (Å²) < 4.78 is 18.0. The minimum absolute atomic E-state index is 0.223. The van der Waals surface area contributed by atoms with Crippen molar-refractivity contribution in [2.75, 3.05) is 13.7 Å². The molecule has 37 heavy (non-hydrogen) atoms. The predicted octanol–water partition coefficient (Wildman–Crippen LogP) is 3.91. The van der Waals surface area contributed by atoms with Crippen LogP contribution in [0.1, 0.15) is 40.9 Å². The van der Waals surface area contributed by atoms with Crippen molar-refractivity contribution in [3.05, 3.63) is 101 Å². The van der Waals surface area contributed by atoms with Gasteiger partial charge in [-0.1, -0.05) is 29.5 Å². The first-order valence-electron chi connectivity index (χ1n) is 11.4. The van der Waals surface area contributed by atoms with Crippen LogP contribution >= 0.6 is 22.7 Å². The Balaban J connectivity index is 1.58. The maximum atomic E-state index is 13.6. The summed E-state index contributed by atoms with van der Waals surface area (Å²) in [5.41, 5.74) is 1.72. The highest BCUT2D eigenvalue weighted by Crippen LogP contribution is 2.33. The van der Waals surface area contributed by atoms with Gasteiger partial charge in [0.15, 0.2) is 4.80 Å². The molecule has 1 atom stereocenters. The molecule has 0 bridgehead atoms. The van der Waals surface area contributed by atoms with Crippen molar-refractivity contribution in [1.82, 2.24) is 4.57 Å². The number of carbonyl (C=O) groups excluding carboxylic acids is 2. The number of hydrogen-bond donors (Lipinski definition) is 0. The van der Waals surface area contributed by atoms with Crippen molar-refractivity contribution in [3.63, 3.8) is 0 Å². The number of fused-ring (bicyclic) bond motifs is 1. The molecule has 0 saturated carbocycles. The van der Waals surface area contributed by atoms with Crippen LogP contribution in [-0.2, 0) is 14.3 Å². The van der Waals surface area contributed by atoms with E-state index in [1.807, 2.05) is 23.6 Å². The van der Waals surface area contributed by atoms with Crippen LogP contribution in [0.25, 0.3) is 17.4 Å². The fourth-order valence-corrected chi connectivity index (χ4v) is 5.99. The third kappa shape index (κ3) is 4.61. The second kappa shape index (κ2) is 10.2. The van der Waals surface area contributed by atoms with Crippen LogP contribution in [-0.4, -0.2) is 30.2 Å². The maximum absolute atomic E-state index is 13.6. The number of aromatic nitrogens is 1. The average molecular weight is 535 g/mol. The Hall–Kier alpha value is -4.02.